The summed E-state index contributed by atoms with van der Waals surface area (Å²) in [6, 6.07) is 8.13. The molecule has 21 heavy (non-hydrogen) atoms. The lowest BCUT2D eigenvalue weighted by Crippen LogP contribution is -2.29. The Bertz CT molecular complexity index is 723. The van der Waals surface area contributed by atoms with Crippen molar-refractivity contribution in [2.75, 3.05) is 19.8 Å². The number of amides is 1. The van der Waals surface area contributed by atoms with Crippen molar-refractivity contribution in [2.24, 2.45) is 0 Å². The molecular weight excluding hydrogens is 276 g/mol. The third kappa shape index (κ3) is 3.90. The number of rotatable bonds is 6. The molecule has 0 saturated carbocycles. The van der Waals surface area contributed by atoms with Gasteiger partial charge in [0.05, 0.1) is 6.61 Å². The SMILES string of the molecule is O=C(O)COCCNC(=O)c1cc(=O)c2ccccc2[nH]1. The Hall–Kier alpha value is -2.67. The molecule has 0 atom stereocenters. The molecule has 0 radical (unpaired) electrons. The Labute approximate surface area is 119 Å². The summed E-state index contributed by atoms with van der Waals surface area (Å²) >= 11 is 0. The van der Waals surface area contributed by atoms with Gasteiger partial charge in [-0.2, -0.15) is 0 Å². The second kappa shape index (κ2) is 6.67. The van der Waals surface area contributed by atoms with Crippen LogP contribution in [0.15, 0.2) is 35.1 Å². The number of nitrogens with one attached hydrogen (secondary N) is 2. The highest BCUT2D eigenvalue weighted by Gasteiger charge is 2.09. The van der Waals surface area contributed by atoms with E-state index in [1.165, 1.54) is 6.07 Å². The van der Waals surface area contributed by atoms with E-state index in [1.54, 1.807) is 24.3 Å². The fourth-order valence-corrected chi connectivity index (χ4v) is 1.81. The van der Waals surface area contributed by atoms with Crippen molar-refractivity contribution in [3.8, 4) is 0 Å². The first-order valence-electron chi connectivity index (χ1n) is 6.28. The number of aliphatic carboxylic acids is 1. The average Bonchev–Trinajstić information content (AvgIpc) is 2.46. The van der Waals surface area contributed by atoms with Crippen LogP contribution in [0.5, 0.6) is 0 Å². The van der Waals surface area contributed by atoms with Crippen molar-refractivity contribution in [3.63, 3.8) is 0 Å². The van der Waals surface area contributed by atoms with Gasteiger partial charge in [0.15, 0.2) is 5.43 Å². The zero-order valence-electron chi connectivity index (χ0n) is 11.1. The normalized spacial score (nSPS) is 10.5. The van der Waals surface area contributed by atoms with Crippen LogP contribution >= 0.6 is 0 Å². The summed E-state index contributed by atoms with van der Waals surface area (Å²) in [7, 11) is 0. The van der Waals surface area contributed by atoms with Gasteiger partial charge in [0.25, 0.3) is 5.91 Å². The molecule has 0 aliphatic heterocycles. The third-order valence-electron chi connectivity index (χ3n) is 2.74. The van der Waals surface area contributed by atoms with Crippen LogP contribution in [0.1, 0.15) is 10.5 Å². The molecule has 1 amide bonds. The molecule has 0 aliphatic rings. The molecule has 1 aromatic heterocycles. The molecule has 7 heteroatoms. The maximum atomic E-state index is 11.9. The number of carboxylic acid groups (broad SMARTS) is 1. The van der Waals surface area contributed by atoms with Crippen molar-refractivity contribution in [1.82, 2.24) is 10.3 Å². The Morgan fingerprint density at radius 3 is 2.81 bits per heavy atom. The lowest BCUT2D eigenvalue weighted by Gasteiger charge is -2.06. The van der Waals surface area contributed by atoms with Crippen LogP contribution in [0.2, 0.25) is 0 Å². The predicted octanol–water partition coefficient (Wildman–Crippen LogP) is 0.359. The van der Waals surface area contributed by atoms with Gasteiger partial charge in [-0.3, -0.25) is 9.59 Å². The molecule has 3 N–H and O–H groups in total. The van der Waals surface area contributed by atoms with E-state index in [0.29, 0.717) is 10.9 Å². The molecule has 7 nitrogen and oxygen atoms in total. The molecule has 0 aliphatic carbocycles. The lowest BCUT2D eigenvalue weighted by molar-refractivity contribution is -0.142. The van der Waals surface area contributed by atoms with Gasteiger partial charge >= 0.3 is 5.97 Å². The van der Waals surface area contributed by atoms with E-state index in [2.05, 4.69) is 10.3 Å². The van der Waals surface area contributed by atoms with Gasteiger partial charge in [-0.05, 0) is 12.1 Å². The van der Waals surface area contributed by atoms with Crippen molar-refractivity contribution < 1.29 is 19.4 Å². The molecule has 1 heterocycles. The minimum atomic E-state index is -1.07. The number of hydrogen-bond acceptors (Lipinski definition) is 4. The minimum absolute atomic E-state index is 0.0792. The molecule has 0 unspecified atom stereocenters. The van der Waals surface area contributed by atoms with Gasteiger partial charge in [-0.25, -0.2) is 4.79 Å². The summed E-state index contributed by atoms with van der Waals surface area (Å²) < 4.78 is 4.79. The second-order valence-corrected chi connectivity index (χ2v) is 4.30. The number of carbonyl (C=O) groups is 2. The Morgan fingerprint density at radius 2 is 2.05 bits per heavy atom. The molecule has 1 aromatic carbocycles. The molecule has 0 fully saturated rings. The molecule has 2 aromatic rings. The first-order valence-corrected chi connectivity index (χ1v) is 6.28. The lowest BCUT2D eigenvalue weighted by atomic mass is 10.2. The van der Waals surface area contributed by atoms with E-state index in [1.807, 2.05) is 0 Å². The van der Waals surface area contributed by atoms with Crippen molar-refractivity contribution in [3.05, 3.63) is 46.2 Å². The third-order valence-corrected chi connectivity index (χ3v) is 2.74. The summed E-state index contributed by atoms with van der Waals surface area (Å²) in [5, 5.41) is 11.4. The van der Waals surface area contributed by atoms with Crippen LogP contribution in [0.4, 0.5) is 0 Å². The number of hydrogen-bond donors (Lipinski definition) is 3. The summed E-state index contributed by atoms with van der Waals surface area (Å²) in [5.41, 5.74) is 0.492. The van der Waals surface area contributed by atoms with Gasteiger partial charge in [-0.1, -0.05) is 12.1 Å². The number of aromatic amines is 1. The van der Waals surface area contributed by atoms with Crippen LogP contribution in [0, 0.1) is 0 Å². The van der Waals surface area contributed by atoms with E-state index < -0.39 is 18.5 Å². The summed E-state index contributed by atoms with van der Waals surface area (Å²) in [6.07, 6.45) is 0. The number of H-pyrrole nitrogens is 1. The number of ether oxygens (including phenoxy) is 1. The predicted molar refractivity (Wildman–Crippen MR) is 75.4 cm³/mol. The fraction of sp³-hybridized carbons (Fsp3) is 0.214. The molecule has 110 valence electrons. The maximum absolute atomic E-state index is 11.9. The standard InChI is InChI=1S/C14H14N2O5/c17-12-7-11(16-10-4-2-1-3-9(10)12)14(20)15-5-6-21-8-13(18)19/h1-4,7H,5-6,8H2,(H,15,20)(H,16,17)(H,18,19). The Balaban J connectivity index is 2.00. The van der Waals surface area contributed by atoms with E-state index in [-0.39, 0.29) is 24.3 Å². The van der Waals surface area contributed by atoms with Crippen LogP contribution < -0.4 is 10.7 Å². The van der Waals surface area contributed by atoms with E-state index >= 15 is 0 Å². The van der Waals surface area contributed by atoms with Crippen LogP contribution in [0.3, 0.4) is 0 Å². The molecular formula is C14H14N2O5. The molecule has 0 bridgehead atoms. The summed E-state index contributed by atoms with van der Waals surface area (Å²) in [5.74, 6) is -1.52. The minimum Gasteiger partial charge on any atom is -0.480 e. The largest absolute Gasteiger partial charge is 0.480 e. The summed E-state index contributed by atoms with van der Waals surface area (Å²) in [4.78, 5) is 36.9. The van der Waals surface area contributed by atoms with Gasteiger partial charge in [0.2, 0.25) is 0 Å². The first kappa shape index (κ1) is 14.7. The molecule has 0 saturated heterocycles. The Morgan fingerprint density at radius 1 is 1.29 bits per heavy atom. The van der Waals surface area contributed by atoms with Gasteiger partial charge in [0.1, 0.15) is 12.3 Å². The quantitative estimate of drug-likeness (QED) is 0.666. The van der Waals surface area contributed by atoms with E-state index in [9.17, 15) is 14.4 Å². The van der Waals surface area contributed by atoms with Crippen LogP contribution in [0.25, 0.3) is 10.9 Å². The average molecular weight is 290 g/mol. The highest BCUT2D eigenvalue weighted by atomic mass is 16.5. The van der Waals surface area contributed by atoms with Crippen molar-refractivity contribution in [1.29, 1.82) is 0 Å². The second-order valence-electron chi connectivity index (χ2n) is 4.30. The molecule has 2 rings (SSSR count). The topological polar surface area (TPSA) is 108 Å². The highest BCUT2D eigenvalue weighted by Crippen LogP contribution is 2.07. The zero-order valence-corrected chi connectivity index (χ0v) is 11.1. The molecule has 0 spiro atoms. The highest BCUT2D eigenvalue weighted by molar-refractivity contribution is 5.94. The fourth-order valence-electron chi connectivity index (χ4n) is 1.81. The number of benzene rings is 1. The maximum Gasteiger partial charge on any atom is 0.329 e. The van der Waals surface area contributed by atoms with E-state index in [4.69, 9.17) is 9.84 Å². The van der Waals surface area contributed by atoms with Crippen LogP contribution in [-0.2, 0) is 9.53 Å². The van der Waals surface area contributed by atoms with Gasteiger partial charge < -0.3 is 20.1 Å². The first-order chi connectivity index (χ1) is 10.1. The number of aromatic nitrogens is 1. The zero-order chi connectivity index (χ0) is 15.2. The number of fused-ring (bicyclic) bond motifs is 1. The van der Waals surface area contributed by atoms with Crippen molar-refractivity contribution in [2.45, 2.75) is 0 Å². The van der Waals surface area contributed by atoms with Gasteiger partial charge in [0, 0.05) is 23.5 Å². The number of para-hydroxylation sites is 1. The number of carbonyl (C=O) groups excluding carboxylic acids is 1. The smallest absolute Gasteiger partial charge is 0.329 e. The summed E-state index contributed by atoms with van der Waals surface area (Å²) in [6.45, 7) is -0.181. The van der Waals surface area contributed by atoms with Gasteiger partial charge in [-0.15, -0.1) is 0 Å². The number of pyridine rings is 1. The Kier molecular flexibility index (Phi) is 4.68. The van der Waals surface area contributed by atoms with Crippen LogP contribution in [-0.4, -0.2) is 41.7 Å². The monoisotopic (exact) mass is 290 g/mol. The van der Waals surface area contributed by atoms with Crippen molar-refractivity contribution >= 4 is 22.8 Å². The number of carboxylic acids is 1. The van der Waals surface area contributed by atoms with E-state index in [0.717, 1.165) is 0 Å².